The topological polar surface area (TPSA) is 35.2 Å². The summed E-state index contributed by atoms with van der Waals surface area (Å²) in [6, 6.07) is 8.71. The van der Waals surface area contributed by atoms with E-state index in [0.717, 1.165) is 16.1 Å². The monoisotopic (exact) mass is 341 g/mol. The molecule has 2 aromatic carbocycles. The summed E-state index contributed by atoms with van der Waals surface area (Å²) in [5, 5.41) is 0. The maximum Gasteiger partial charge on any atom is 0.132 e. The van der Waals surface area contributed by atoms with E-state index in [2.05, 4.69) is 15.9 Å². The van der Waals surface area contributed by atoms with Crippen molar-refractivity contribution >= 4 is 15.9 Å². The zero-order valence-electron chi connectivity index (χ0n) is 10.9. The molecule has 2 rings (SSSR count). The van der Waals surface area contributed by atoms with E-state index in [0.29, 0.717) is 11.3 Å². The second kappa shape index (κ2) is 6.33. The van der Waals surface area contributed by atoms with Gasteiger partial charge in [0.05, 0.1) is 0 Å². The summed E-state index contributed by atoms with van der Waals surface area (Å²) in [7, 11) is 0. The third-order valence-electron chi connectivity index (χ3n) is 2.86. The van der Waals surface area contributed by atoms with Crippen molar-refractivity contribution in [3.05, 3.63) is 63.6 Å². The Kier molecular flexibility index (Phi) is 4.73. The van der Waals surface area contributed by atoms with Crippen LogP contribution in [0.3, 0.4) is 0 Å². The Morgan fingerprint density at radius 3 is 2.60 bits per heavy atom. The number of nitrogens with two attached hydrogens (primary N) is 1. The Balaban J connectivity index is 2.20. The van der Waals surface area contributed by atoms with E-state index in [1.807, 2.05) is 19.1 Å². The number of hydrogen-bond donors (Lipinski definition) is 1. The summed E-state index contributed by atoms with van der Waals surface area (Å²) in [4.78, 5) is 0. The third-order valence-corrected chi connectivity index (χ3v) is 3.36. The highest BCUT2D eigenvalue weighted by Gasteiger charge is 2.10. The maximum atomic E-state index is 13.5. The number of rotatable bonds is 4. The molecule has 2 N–H and O–H groups in total. The van der Waals surface area contributed by atoms with Crippen molar-refractivity contribution in [2.45, 2.75) is 19.6 Å². The SMILES string of the molecule is CC(N)c1ccc(Br)cc1OCc1ccc(F)cc1F. The first kappa shape index (κ1) is 14.9. The largest absolute Gasteiger partial charge is 0.488 e. The van der Waals surface area contributed by atoms with Gasteiger partial charge in [-0.05, 0) is 31.2 Å². The number of halogens is 3. The van der Waals surface area contributed by atoms with E-state index in [-0.39, 0.29) is 12.6 Å². The summed E-state index contributed by atoms with van der Waals surface area (Å²) in [6.45, 7) is 1.86. The van der Waals surface area contributed by atoms with Gasteiger partial charge < -0.3 is 10.5 Å². The fraction of sp³-hybridized carbons (Fsp3) is 0.200. The molecule has 106 valence electrons. The molecule has 0 aliphatic rings. The molecule has 2 aromatic rings. The fourth-order valence-corrected chi connectivity index (χ4v) is 2.14. The second-order valence-electron chi connectivity index (χ2n) is 4.50. The van der Waals surface area contributed by atoms with Crippen LogP contribution in [0.15, 0.2) is 40.9 Å². The number of benzene rings is 2. The van der Waals surface area contributed by atoms with Gasteiger partial charge in [0.2, 0.25) is 0 Å². The molecule has 2 nitrogen and oxygen atoms in total. The quantitative estimate of drug-likeness (QED) is 0.898. The van der Waals surface area contributed by atoms with Crippen molar-refractivity contribution < 1.29 is 13.5 Å². The van der Waals surface area contributed by atoms with Crippen molar-refractivity contribution in [2.75, 3.05) is 0 Å². The normalized spacial score (nSPS) is 12.2. The van der Waals surface area contributed by atoms with Gasteiger partial charge in [0.15, 0.2) is 0 Å². The molecule has 0 amide bonds. The highest BCUT2D eigenvalue weighted by atomic mass is 79.9. The predicted molar refractivity (Wildman–Crippen MR) is 77.4 cm³/mol. The molecule has 0 spiro atoms. The van der Waals surface area contributed by atoms with Crippen LogP contribution in [0.5, 0.6) is 5.75 Å². The smallest absolute Gasteiger partial charge is 0.132 e. The first-order valence-electron chi connectivity index (χ1n) is 6.09. The number of ether oxygens (including phenoxy) is 1. The lowest BCUT2D eigenvalue weighted by atomic mass is 10.1. The van der Waals surface area contributed by atoms with Crippen molar-refractivity contribution in [3.8, 4) is 5.75 Å². The van der Waals surface area contributed by atoms with Gasteiger partial charge >= 0.3 is 0 Å². The molecule has 0 fully saturated rings. The minimum absolute atomic E-state index is 0.0162. The van der Waals surface area contributed by atoms with Crippen LogP contribution in [0, 0.1) is 11.6 Å². The fourth-order valence-electron chi connectivity index (χ4n) is 1.80. The van der Waals surface area contributed by atoms with Gasteiger partial charge in [0, 0.05) is 27.7 Å². The lowest BCUT2D eigenvalue weighted by Gasteiger charge is -2.14. The van der Waals surface area contributed by atoms with E-state index in [1.165, 1.54) is 12.1 Å². The zero-order chi connectivity index (χ0) is 14.7. The van der Waals surface area contributed by atoms with Crippen LogP contribution in [0.25, 0.3) is 0 Å². The van der Waals surface area contributed by atoms with Crippen LogP contribution in [0.2, 0.25) is 0 Å². The van der Waals surface area contributed by atoms with E-state index in [4.69, 9.17) is 10.5 Å². The van der Waals surface area contributed by atoms with Crippen molar-refractivity contribution in [3.63, 3.8) is 0 Å². The van der Waals surface area contributed by atoms with Crippen molar-refractivity contribution in [1.29, 1.82) is 0 Å². The maximum absolute atomic E-state index is 13.5. The van der Waals surface area contributed by atoms with E-state index >= 15 is 0 Å². The first-order valence-corrected chi connectivity index (χ1v) is 6.88. The molecule has 5 heteroatoms. The molecule has 0 bridgehead atoms. The Morgan fingerprint density at radius 2 is 1.95 bits per heavy atom. The lowest BCUT2D eigenvalue weighted by molar-refractivity contribution is 0.295. The standard InChI is InChI=1S/C15H14BrF2NO/c1-9(19)13-5-3-11(16)6-15(13)20-8-10-2-4-12(17)7-14(10)18/h2-7,9H,8,19H2,1H3. The van der Waals surface area contributed by atoms with Gasteiger partial charge in [0.25, 0.3) is 0 Å². The second-order valence-corrected chi connectivity index (χ2v) is 5.41. The lowest BCUT2D eigenvalue weighted by Crippen LogP contribution is -2.08. The molecule has 1 unspecified atom stereocenters. The molecule has 0 saturated heterocycles. The average Bonchev–Trinajstić information content (AvgIpc) is 2.37. The minimum Gasteiger partial charge on any atom is -0.488 e. The molecule has 0 saturated carbocycles. The van der Waals surface area contributed by atoms with Crippen LogP contribution < -0.4 is 10.5 Å². The predicted octanol–water partition coefficient (Wildman–Crippen LogP) is 4.33. The summed E-state index contributed by atoms with van der Waals surface area (Å²) in [5.74, 6) is -0.648. The molecule has 0 aliphatic heterocycles. The Morgan fingerprint density at radius 1 is 1.20 bits per heavy atom. The number of hydrogen-bond acceptors (Lipinski definition) is 2. The van der Waals surface area contributed by atoms with E-state index in [9.17, 15) is 8.78 Å². The first-order chi connectivity index (χ1) is 9.47. The Hall–Kier alpha value is -1.46. The van der Waals surface area contributed by atoms with Gasteiger partial charge in [-0.15, -0.1) is 0 Å². The summed E-state index contributed by atoms with van der Waals surface area (Å²) in [5.41, 5.74) is 6.99. The van der Waals surface area contributed by atoms with Gasteiger partial charge in [-0.3, -0.25) is 0 Å². The van der Waals surface area contributed by atoms with Crippen LogP contribution in [-0.4, -0.2) is 0 Å². The van der Waals surface area contributed by atoms with Gasteiger partial charge in [0.1, 0.15) is 24.0 Å². The molecule has 0 radical (unpaired) electrons. The molecule has 0 heterocycles. The molecular weight excluding hydrogens is 328 g/mol. The highest BCUT2D eigenvalue weighted by molar-refractivity contribution is 9.10. The Labute approximate surface area is 124 Å². The van der Waals surface area contributed by atoms with Crippen molar-refractivity contribution in [2.24, 2.45) is 5.73 Å². The van der Waals surface area contributed by atoms with Crippen LogP contribution in [-0.2, 0) is 6.61 Å². The van der Waals surface area contributed by atoms with Gasteiger partial charge in [-0.2, -0.15) is 0 Å². The van der Waals surface area contributed by atoms with Crippen LogP contribution >= 0.6 is 15.9 Å². The average molecular weight is 342 g/mol. The molecule has 1 atom stereocenters. The molecule has 20 heavy (non-hydrogen) atoms. The molecule has 0 aromatic heterocycles. The van der Waals surface area contributed by atoms with E-state index < -0.39 is 11.6 Å². The Bertz CT molecular complexity index is 617. The van der Waals surface area contributed by atoms with Crippen LogP contribution in [0.4, 0.5) is 8.78 Å². The van der Waals surface area contributed by atoms with E-state index in [1.54, 1.807) is 6.07 Å². The van der Waals surface area contributed by atoms with Crippen molar-refractivity contribution in [1.82, 2.24) is 0 Å². The van der Waals surface area contributed by atoms with Gasteiger partial charge in [-0.1, -0.05) is 22.0 Å². The summed E-state index contributed by atoms with van der Waals surface area (Å²) in [6.07, 6.45) is 0. The third kappa shape index (κ3) is 3.55. The molecule has 0 aliphatic carbocycles. The van der Waals surface area contributed by atoms with Crippen LogP contribution in [0.1, 0.15) is 24.1 Å². The summed E-state index contributed by atoms with van der Waals surface area (Å²) >= 11 is 3.35. The summed E-state index contributed by atoms with van der Waals surface area (Å²) < 4.78 is 32.8. The zero-order valence-corrected chi connectivity index (χ0v) is 12.5. The molecular formula is C15H14BrF2NO. The minimum atomic E-state index is -0.623. The highest BCUT2D eigenvalue weighted by Crippen LogP contribution is 2.28. The van der Waals surface area contributed by atoms with Gasteiger partial charge in [-0.25, -0.2) is 8.78 Å².